The highest BCUT2D eigenvalue weighted by Crippen LogP contribution is 2.55. The van der Waals surface area contributed by atoms with Gasteiger partial charge in [-0.1, -0.05) is 109 Å². The van der Waals surface area contributed by atoms with Crippen molar-refractivity contribution >= 4 is 0 Å². The topological polar surface area (TPSA) is 0 Å². The highest BCUT2D eigenvalue weighted by atomic mass is 14.5. The van der Waals surface area contributed by atoms with Crippen molar-refractivity contribution in [2.75, 3.05) is 0 Å². The lowest BCUT2D eigenvalue weighted by atomic mass is 9.87. The SMILES string of the molecule is C.C.C.C.CCC.CCC.C[C@@H]1CC2=C(CC3=C2C[C@H](C)[C@@H]3C)[C@@H]1C. The maximum absolute atomic E-state index is 2.43. The lowest BCUT2D eigenvalue weighted by molar-refractivity contribution is 0.457. The van der Waals surface area contributed by atoms with Crippen molar-refractivity contribution in [3.63, 3.8) is 0 Å². The zero-order valence-electron chi connectivity index (χ0n) is 15.8. The van der Waals surface area contributed by atoms with Crippen molar-refractivity contribution in [1.29, 1.82) is 0 Å². The van der Waals surface area contributed by atoms with Crippen LogP contribution in [0.5, 0.6) is 0 Å². The molecule has 3 aliphatic carbocycles. The second kappa shape index (κ2) is 14.6. The largest absolute Gasteiger partial charge is 0.0776 e. The van der Waals surface area contributed by atoms with E-state index in [4.69, 9.17) is 0 Å². The summed E-state index contributed by atoms with van der Waals surface area (Å²) in [5, 5.41) is 0. The number of allylic oxidation sites excluding steroid dienone is 4. The lowest BCUT2D eigenvalue weighted by Crippen LogP contribution is -2.07. The van der Waals surface area contributed by atoms with Gasteiger partial charge in [-0.2, -0.15) is 0 Å². The zero-order valence-corrected chi connectivity index (χ0v) is 15.8. The van der Waals surface area contributed by atoms with Crippen LogP contribution in [0.4, 0.5) is 0 Å². The minimum Gasteiger partial charge on any atom is -0.0776 e. The molecule has 0 amide bonds. The summed E-state index contributed by atoms with van der Waals surface area (Å²) in [6.07, 6.45) is 6.57. The number of rotatable bonds is 0. The monoisotopic (exact) mass is 354 g/mol. The Morgan fingerprint density at radius 2 is 0.840 bits per heavy atom. The van der Waals surface area contributed by atoms with Crippen LogP contribution in [0.1, 0.15) is 117 Å². The zero-order chi connectivity index (χ0) is 16.2. The van der Waals surface area contributed by atoms with Crippen LogP contribution in [0.15, 0.2) is 22.3 Å². The van der Waals surface area contributed by atoms with Gasteiger partial charge in [-0.15, -0.1) is 0 Å². The number of hydrogen-bond acceptors (Lipinski definition) is 0. The van der Waals surface area contributed by atoms with E-state index < -0.39 is 0 Å². The van der Waals surface area contributed by atoms with E-state index in [1.54, 1.807) is 11.1 Å². The highest BCUT2D eigenvalue weighted by molar-refractivity contribution is 5.53. The van der Waals surface area contributed by atoms with Gasteiger partial charge in [-0.05, 0) is 54.1 Å². The molecule has 154 valence electrons. The van der Waals surface area contributed by atoms with Crippen LogP contribution >= 0.6 is 0 Å². The van der Waals surface area contributed by atoms with Crippen molar-refractivity contribution in [3.05, 3.63) is 22.3 Å². The summed E-state index contributed by atoms with van der Waals surface area (Å²) in [7, 11) is 0. The molecule has 0 aromatic carbocycles. The number of fused-ring (bicyclic) bond motifs is 1. The fourth-order valence-corrected chi connectivity index (χ4v) is 3.87. The molecule has 0 radical (unpaired) electrons. The molecular formula is C25H54. The van der Waals surface area contributed by atoms with Gasteiger partial charge < -0.3 is 0 Å². The highest BCUT2D eigenvalue weighted by Gasteiger charge is 2.41. The minimum atomic E-state index is 0. The van der Waals surface area contributed by atoms with Gasteiger partial charge in [0, 0.05) is 0 Å². The van der Waals surface area contributed by atoms with Crippen molar-refractivity contribution in [2.24, 2.45) is 23.7 Å². The average Bonchev–Trinajstić information content (AvgIpc) is 2.99. The molecule has 0 heteroatoms. The quantitative estimate of drug-likeness (QED) is 0.406. The van der Waals surface area contributed by atoms with Crippen LogP contribution < -0.4 is 0 Å². The predicted molar refractivity (Wildman–Crippen MR) is 123 cm³/mol. The molecule has 0 unspecified atom stereocenters. The summed E-state index contributed by atoms with van der Waals surface area (Å²) >= 11 is 0. The van der Waals surface area contributed by atoms with E-state index >= 15 is 0 Å². The maximum atomic E-state index is 2.43. The molecule has 0 fully saturated rings. The first-order chi connectivity index (χ1) is 9.92. The molecule has 4 atom stereocenters. The summed E-state index contributed by atoms with van der Waals surface area (Å²) in [4.78, 5) is 0. The van der Waals surface area contributed by atoms with Gasteiger partial charge in [0.25, 0.3) is 0 Å². The summed E-state index contributed by atoms with van der Waals surface area (Å²) in [5.74, 6) is 3.51. The molecule has 0 spiro atoms. The second-order valence-corrected chi connectivity index (χ2v) is 7.54. The standard InChI is InChI=1S/C15H22.2C3H8.4CH4/c1-8-5-14-12(10(8)3)7-13-11(4)9(2)6-15(13)14;2*1-3-2;;;;/h8-11H,5-7H2,1-4H3;2*3H2,1-2H3;4*1H4/t8-,9+,10-,11+;;;;;;. The van der Waals surface area contributed by atoms with Crippen molar-refractivity contribution < 1.29 is 0 Å². The summed E-state index contributed by atoms with van der Waals surface area (Å²) in [6, 6.07) is 0. The molecule has 3 aliphatic rings. The van der Waals surface area contributed by atoms with Gasteiger partial charge in [0.2, 0.25) is 0 Å². The Balaban J connectivity index is -0.000000198. The molecule has 0 N–H and O–H groups in total. The molecule has 0 aromatic rings. The predicted octanol–water partition coefficient (Wildman–Crippen LogP) is 9.71. The Kier molecular flexibility index (Phi) is 18.8. The summed E-state index contributed by atoms with van der Waals surface area (Å²) in [6.45, 7) is 18.2. The first kappa shape index (κ1) is 32.2. The Bertz CT molecular complexity index is 358. The maximum Gasteiger partial charge on any atom is -0.00910 e. The number of hydrogen-bond donors (Lipinski definition) is 0. The Morgan fingerprint density at radius 1 is 0.600 bits per heavy atom. The molecule has 0 bridgehead atoms. The molecule has 0 nitrogen and oxygen atoms in total. The van der Waals surface area contributed by atoms with Gasteiger partial charge in [-0.25, -0.2) is 0 Å². The van der Waals surface area contributed by atoms with Gasteiger partial charge >= 0.3 is 0 Å². The van der Waals surface area contributed by atoms with E-state index in [1.165, 1.54) is 32.1 Å². The Hall–Kier alpha value is -0.520. The molecule has 0 aliphatic heterocycles. The first-order valence-corrected chi connectivity index (χ1v) is 9.36. The van der Waals surface area contributed by atoms with Gasteiger partial charge in [0.1, 0.15) is 0 Å². The third-order valence-corrected chi connectivity index (χ3v) is 5.38. The fraction of sp³-hybridized carbons (Fsp3) is 0.840. The van der Waals surface area contributed by atoms with E-state index in [1.807, 2.05) is 11.1 Å². The smallest absolute Gasteiger partial charge is 0.00910 e. The van der Waals surface area contributed by atoms with E-state index in [0.29, 0.717) is 0 Å². The third kappa shape index (κ3) is 6.95. The minimum absolute atomic E-state index is 0. The van der Waals surface area contributed by atoms with Crippen LogP contribution in [-0.4, -0.2) is 0 Å². The molecule has 3 rings (SSSR count). The van der Waals surface area contributed by atoms with E-state index in [-0.39, 0.29) is 29.7 Å². The lowest BCUT2D eigenvalue weighted by Gasteiger charge is -2.18. The molecular weight excluding hydrogens is 300 g/mol. The molecule has 0 saturated heterocycles. The van der Waals surface area contributed by atoms with Crippen LogP contribution in [0.3, 0.4) is 0 Å². The van der Waals surface area contributed by atoms with Gasteiger partial charge in [0.05, 0.1) is 0 Å². The Labute approximate surface area is 163 Å². The van der Waals surface area contributed by atoms with Crippen LogP contribution in [0.25, 0.3) is 0 Å². The van der Waals surface area contributed by atoms with Crippen molar-refractivity contribution in [1.82, 2.24) is 0 Å². The van der Waals surface area contributed by atoms with Crippen molar-refractivity contribution in [2.45, 2.75) is 117 Å². The first-order valence-electron chi connectivity index (χ1n) is 9.36. The van der Waals surface area contributed by atoms with Gasteiger partial charge in [0.15, 0.2) is 0 Å². The van der Waals surface area contributed by atoms with E-state index in [0.717, 1.165) is 23.7 Å². The summed E-state index contributed by atoms with van der Waals surface area (Å²) in [5.41, 5.74) is 7.21. The van der Waals surface area contributed by atoms with Crippen molar-refractivity contribution in [3.8, 4) is 0 Å². The van der Waals surface area contributed by atoms with E-state index in [2.05, 4.69) is 55.4 Å². The molecule has 25 heavy (non-hydrogen) atoms. The van der Waals surface area contributed by atoms with Gasteiger partial charge in [-0.3, -0.25) is 0 Å². The van der Waals surface area contributed by atoms with Crippen LogP contribution in [0, 0.1) is 23.7 Å². The second-order valence-electron chi connectivity index (χ2n) is 7.54. The molecule has 0 aromatic heterocycles. The van der Waals surface area contributed by atoms with Crippen LogP contribution in [-0.2, 0) is 0 Å². The Morgan fingerprint density at radius 3 is 1.08 bits per heavy atom. The van der Waals surface area contributed by atoms with E-state index in [9.17, 15) is 0 Å². The molecule has 0 heterocycles. The normalized spacial score (nSPS) is 27.8. The third-order valence-electron chi connectivity index (χ3n) is 5.38. The fourth-order valence-electron chi connectivity index (χ4n) is 3.87. The summed E-state index contributed by atoms with van der Waals surface area (Å²) < 4.78 is 0. The average molecular weight is 355 g/mol. The molecule has 0 saturated carbocycles. The van der Waals surface area contributed by atoms with Crippen LogP contribution in [0.2, 0.25) is 0 Å².